The number of nitrogens with one attached hydrogen (secondary N) is 1. The molecule has 1 aromatic heterocycles. The SMILES string of the molecule is CC1C(=O)NC(=O)c2cccn21. The van der Waals surface area contributed by atoms with Crippen molar-refractivity contribution in [2.75, 3.05) is 0 Å². The van der Waals surface area contributed by atoms with Gasteiger partial charge in [0.25, 0.3) is 5.91 Å². The lowest BCUT2D eigenvalue weighted by molar-refractivity contribution is -0.123. The van der Waals surface area contributed by atoms with Gasteiger partial charge < -0.3 is 4.57 Å². The van der Waals surface area contributed by atoms with Gasteiger partial charge in [0.2, 0.25) is 5.91 Å². The Bertz CT molecular complexity index is 354. The van der Waals surface area contributed by atoms with E-state index in [1.54, 1.807) is 29.8 Å². The van der Waals surface area contributed by atoms with E-state index in [0.717, 1.165) is 0 Å². The lowest BCUT2D eigenvalue weighted by Crippen LogP contribution is -2.42. The van der Waals surface area contributed by atoms with Crippen LogP contribution in [0, 0.1) is 0 Å². The molecule has 62 valence electrons. The molecular weight excluding hydrogens is 156 g/mol. The zero-order valence-electron chi connectivity index (χ0n) is 6.57. The summed E-state index contributed by atoms with van der Waals surface area (Å²) in [5.41, 5.74) is 0.544. The predicted molar refractivity (Wildman–Crippen MR) is 41.6 cm³/mol. The number of carbonyl (C=O) groups is 2. The molecule has 1 aromatic rings. The van der Waals surface area contributed by atoms with Crippen LogP contribution in [0.1, 0.15) is 23.5 Å². The minimum absolute atomic E-state index is 0.247. The van der Waals surface area contributed by atoms with Gasteiger partial charge in [0.1, 0.15) is 11.7 Å². The van der Waals surface area contributed by atoms with Gasteiger partial charge in [-0.2, -0.15) is 0 Å². The Kier molecular flexibility index (Phi) is 1.30. The van der Waals surface area contributed by atoms with Crippen LogP contribution in [0.4, 0.5) is 0 Å². The first-order valence-corrected chi connectivity index (χ1v) is 3.72. The summed E-state index contributed by atoms with van der Waals surface area (Å²) in [6, 6.07) is 3.16. The molecule has 1 unspecified atom stereocenters. The van der Waals surface area contributed by atoms with Gasteiger partial charge in [0.05, 0.1) is 0 Å². The number of nitrogens with zero attached hydrogens (tertiary/aromatic N) is 1. The van der Waals surface area contributed by atoms with Crippen LogP contribution in [0.5, 0.6) is 0 Å². The summed E-state index contributed by atoms with van der Waals surface area (Å²) in [7, 11) is 0. The Morgan fingerprint density at radius 2 is 2.25 bits per heavy atom. The molecule has 0 fully saturated rings. The van der Waals surface area contributed by atoms with Crippen molar-refractivity contribution in [3.63, 3.8) is 0 Å². The van der Waals surface area contributed by atoms with Crippen molar-refractivity contribution < 1.29 is 9.59 Å². The van der Waals surface area contributed by atoms with E-state index in [4.69, 9.17) is 0 Å². The van der Waals surface area contributed by atoms with Gasteiger partial charge in [0, 0.05) is 6.20 Å². The summed E-state index contributed by atoms with van der Waals surface area (Å²) in [6.07, 6.45) is 1.73. The van der Waals surface area contributed by atoms with Gasteiger partial charge in [-0.25, -0.2) is 0 Å². The van der Waals surface area contributed by atoms with Gasteiger partial charge >= 0.3 is 0 Å². The molecule has 4 heteroatoms. The van der Waals surface area contributed by atoms with Crippen LogP contribution in [-0.4, -0.2) is 16.4 Å². The predicted octanol–water partition coefficient (Wildman–Crippen LogP) is 0.319. The third kappa shape index (κ3) is 0.777. The third-order valence-electron chi connectivity index (χ3n) is 2.05. The third-order valence-corrected chi connectivity index (χ3v) is 2.05. The number of imide groups is 1. The molecule has 1 N–H and O–H groups in total. The first-order chi connectivity index (χ1) is 5.70. The Balaban J connectivity index is 2.57. The molecule has 1 atom stereocenters. The minimum atomic E-state index is -0.317. The van der Waals surface area contributed by atoms with Crippen molar-refractivity contribution in [1.29, 1.82) is 0 Å². The number of aromatic nitrogens is 1. The second kappa shape index (κ2) is 2.20. The quantitative estimate of drug-likeness (QED) is 0.561. The highest BCUT2D eigenvalue weighted by molar-refractivity contribution is 6.07. The molecule has 12 heavy (non-hydrogen) atoms. The summed E-state index contributed by atoms with van der Waals surface area (Å²) in [5.74, 6) is -0.563. The molecular formula is C8H8N2O2. The number of fused-ring (bicyclic) bond motifs is 1. The molecule has 0 bridgehead atoms. The molecule has 0 spiro atoms. The van der Waals surface area contributed by atoms with Gasteiger partial charge in [-0.05, 0) is 19.1 Å². The zero-order valence-corrected chi connectivity index (χ0v) is 6.57. The van der Waals surface area contributed by atoms with Crippen molar-refractivity contribution in [2.24, 2.45) is 0 Å². The fraction of sp³-hybridized carbons (Fsp3) is 0.250. The maximum atomic E-state index is 11.1. The van der Waals surface area contributed by atoms with Crippen LogP contribution >= 0.6 is 0 Å². The number of hydrogen-bond donors (Lipinski definition) is 1. The van der Waals surface area contributed by atoms with E-state index in [0.29, 0.717) is 5.69 Å². The van der Waals surface area contributed by atoms with Crippen molar-refractivity contribution in [3.8, 4) is 0 Å². The number of hydrogen-bond acceptors (Lipinski definition) is 2. The van der Waals surface area contributed by atoms with Crippen LogP contribution < -0.4 is 5.32 Å². The van der Waals surface area contributed by atoms with Crippen LogP contribution in [0.2, 0.25) is 0 Å². The molecule has 1 aliphatic heterocycles. The molecule has 0 aliphatic carbocycles. The summed E-state index contributed by atoms with van der Waals surface area (Å²) in [4.78, 5) is 22.3. The van der Waals surface area contributed by atoms with Crippen molar-refractivity contribution in [1.82, 2.24) is 9.88 Å². The molecule has 2 amide bonds. The van der Waals surface area contributed by atoms with E-state index < -0.39 is 0 Å². The molecule has 4 nitrogen and oxygen atoms in total. The van der Waals surface area contributed by atoms with Crippen LogP contribution in [0.25, 0.3) is 0 Å². The second-order valence-electron chi connectivity index (χ2n) is 2.80. The van der Waals surface area contributed by atoms with E-state index in [-0.39, 0.29) is 17.9 Å². The van der Waals surface area contributed by atoms with Crippen LogP contribution in [0.15, 0.2) is 18.3 Å². The Morgan fingerprint density at radius 3 is 3.00 bits per heavy atom. The summed E-state index contributed by atoms with van der Waals surface area (Å²) >= 11 is 0. The van der Waals surface area contributed by atoms with Gasteiger partial charge in [-0.1, -0.05) is 0 Å². The Hall–Kier alpha value is -1.58. The number of carbonyl (C=O) groups excluding carboxylic acids is 2. The van der Waals surface area contributed by atoms with Crippen molar-refractivity contribution in [2.45, 2.75) is 13.0 Å². The molecule has 2 rings (SSSR count). The molecule has 0 radical (unpaired) electrons. The maximum absolute atomic E-state index is 11.1. The van der Waals surface area contributed by atoms with E-state index in [2.05, 4.69) is 5.32 Å². The molecule has 0 saturated heterocycles. The van der Waals surface area contributed by atoms with Gasteiger partial charge in [-0.3, -0.25) is 14.9 Å². The fourth-order valence-electron chi connectivity index (χ4n) is 1.33. The smallest absolute Gasteiger partial charge is 0.274 e. The monoisotopic (exact) mass is 164 g/mol. The minimum Gasteiger partial charge on any atom is -0.331 e. The molecule has 0 saturated carbocycles. The van der Waals surface area contributed by atoms with E-state index in [9.17, 15) is 9.59 Å². The second-order valence-corrected chi connectivity index (χ2v) is 2.80. The summed E-state index contributed by atoms with van der Waals surface area (Å²) in [5, 5.41) is 2.27. The molecule has 2 heterocycles. The molecule has 1 aliphatic rings. The lowest BCUT2D eigenvalue weighted by atomic mass is 10.2. The van der Waals surface area contributed by atoms with Crippen LogP contribution in [-0.2, 0) is 4.79 Å². The highest BCUT2D eigenvalue weighted by Gasteiger charge is 2.27. The van der Waals surface area contributed by atoms with E-state index in [1.807, 2.05) is 0 Å². The Morgan fingerprint density at radius 1 is 1.50 bits per heavy atom. The average Bonchev–Trinajstić information content (AvgIpc) is 2.48. The van der Waals surface area contributed by atoms with Gasteiger partial charge in [-0.15, -0.1) is 0 Å². The van der Waals surface area contributed by atoms with Gasteiger partial charge in [0.15, 0.2) is 0 Å². The highest BCUT2D eigenvalue weighted by Crippen LogP contribution is 2.15. The van der Waals surface area contributed by atoms with Crippen molar-refractivity contribution >= 4 is 11.8 Å². The first kappa shape index (κ1) is 7.09. The first-order valence-electron chi connectivity index (χ1n) is 3.72. The largest absolute Gasteiger partial charge is 0.331 e. The Labute approximate surface area is 69.2 Å². The summed E-state index contributed by atoms with van der Waals surface area (Å²) < 4.78 is 1.67. The fourth-order valence-corrected chi connectivity index (χ4v) is 1.33. The summed E-state index contributed by atoms with van der Waals surface area (Å²) in [6.45, 7) is 1.76. The van der Waals surface area contributed by atoms with E-state index >= 15 is 0 Å². The normalized spacial score (nSPS) is 21.9. The maximum Gasteiger partial charge on any atom is 0.274 e. The number of rotatable bonds is 0. The number of amides is 2. The molecule has 0 aromatic carbocycles. The standard InChI is InChI=1S/C8H8N2O2/c1-5-7(11)9-8(12)6-3-2-4-10(5)6/h2-5H,1H3,(H,9,11,12). The van der Waals surface area contributed by atoms with E-state index in [1.165, 1.54) is 0 Å². The van der Waals surface area contributed by atoms with Crippen LogP contribution in [0.3, 0.4) is 0 Å². The topological polar surface area (TPSA) is 51.1 Å². The average molecular weight is 164 g/mol. The van der Waals surface area contributed by atoms with Crippen molar-refractivity contribution in [3.05, 3.63) is 24.0 Å². The lowest BCUT2D eigenvalue weighted by Gasteiger charge is -2.21. The zero-order chi connectivity index (χ0) is 8.72. The highest BCUT2D eigenvalue weighted by atomic mass is 16.2.